The van der Waals surface area contributed by atoms with Crippen LogP contribution in [0.4, 0.5) is 17.1 Å². The second-order valence-corrected chi connectivity index (χ2v) is 13.2. The molecule has 2 atom stereocenters. The van der Waals surface area contributed by atoms with Crippen molar-refractivity contribution < 1.29 is 9.47 Å². The van der Waals surface area contributed by atoms with E-state index in [1.54, 1.807) is 6.20 Å². The van der Waals surface area contributed by atoms with Crippen molar-refractivity contribution >= 4 is 17.1 Å². The predicted octanol–water partition coefficient (Wildman–Crippen LogP) is 8.94. The maximum atomic E-state index is 6.34. The first-order valence-electron chi connectivity index (χ1n) is 13.6. The third-order valence-electron chi connectivity index (χ3n) is 7.93. The van der Waals surface area contributed by atoms with E-state index in [9.17, 15) is 0 Å². The van der Waals surface area contributed by atoms with Crippen molar-refractivity contribution in [3.05, 3.63) is 103 Å². The molecule has 5 heteroatoms. The number of hydrogen-bond acceptors (Lipinski definition) is 3. The number of pyridine rings is 1. The van der Waals surface area contributed by atoms with Crippen molar-refractivity contribution in [1.82, 2.24) is 14.0 Å². The van der Waals surface area contributed by atoms with Gasteiger partial charge in [0.05, 0.1) is 13.7 Å². The van der Waals surface area contributed by atoms with Crippen LogP contribution in [0.3, 0.4) is 0 Å². The Morgan fingerprint density at radius 2 is 1.31 bits per heavy atom. The highest BCUT2D eigenvalue weighted by Crippen LogP contribution is 2.61. The SMILES string of the molecule is CC(C)(C)c1ccnc(Oc2cccc(Oc3cccc([N@@+]45[CH-][N@@+](C)(C4)c4cc(C(C)(C)C)ccc45)c3)c2)c1. The van der Waals surface area contributed by atoms with Crippen molar-refractivity contribution in [2.75, 3.05) is 13.7 Å². The topological polar surface area (TPSA) is 31.4 Å². The molecule has 4 aromatic rings. The second kappa shape index (κ2) is 8.67. The molecular formula is C34H38N3O2+. The van der Waals surface area contributed by atoms with Crippen molar-refractivity contribution in [3.63, 3.8) is 0 Å². The number of benzene rings is 3. The molecule has 0 unspecified atom stereocenters. The Balaban J connectivity index is 1.24. The quantitative estimate of drug-likeness (QED) is 0.194. The molecule has 4 heterocycles. The standard InChI is InChI=1S/C34H38N3O2/c1-33(2,3)24-14-15-30-31(18-24)36(7)22-37(30,23-36)26-10-8-11-27(20-26)38-28-12-9-13-29(21-28)39-32-19-25(16-17-35-32)34(4,5)6/h8-22H,23H2,1-7H3/q+1/t36-,37+/m0/s1. The Morgan fingerprint density at radius 1 is 0.692 bits per heavy atom. The average Bonchev–Trinajstić information content (AvgIpc) is 3.26. The zero-order valence-corrected chi connectivity index (χ0v) is 24.0. The fraction of sp³-hybridized carbons (Fsp3) is 0.294. The van der Waals surface area contributed by atoms with E-state index in [2.05, 4.69) is 96.6 Å². The molecule has 0 spiro atoms. The van der Waals surface area contributed by atoms with E-state index in [0.29, 0.717) is 11.6 Å². The molecule has 5 nitrogen and oxygen atoms in total. The minimum atomic E-state index is 0.0257. The zero-order valence-electron chi connectivity index (χ0n) is 24.0. The summed E-state index contributed by atoms with van der Waals surface area (Å²) in [4.78, 5) is 4.40. The number of hydrogen-bond donors (Lipinski definition) is 0. The highest BCUT2D eigenvalue weighted by Gasteiger charge is 2.59. The van der Waals surface area contributed by atoms with Gasteiger partial charge in [-0.1, -0.05) is 59.7 Å². The number of nitrogens with zero attached hydrogens (tertiary/aromatic N) is 3. The summed E-state index contributed by atoms with van der Waals surface area (Å²) >= 11 is 0. The fourth-order valence-corrected chi connectivity index (χ4v) is 5.76. The van der Waals surface area contributed by atoms with E-state index in [4.69, 9.17) is 9.47 Å². The summed E-state index contributed by atoms with van der Waals surface area (Å²) in [5, 5.41) is 0. The molecule has 0 radical (unpaired) electrons. The lowest BCUT2D eigenvalue weighted by atomic mass is 9.86. The van der Waals surface area contributed by atoms with Gasteiger partial charge in [-0.05, 0) is 52.3 Å². The summed E-state index contributed by atoms with van der Waals surface area (Å²) in [7, 11) is 2.30. The van der Waals surface area contributed by atoms with Crippen molar-refractivity contribution in [2.24, 2.45) is 0 Å². The van der Waals surface area contributed by atoms with E-state index in [-0.39, 0.29) is 10.8 Å². The Morgan fingerprint density at radius 3 is 2.00 bits per heavy atom. The van der Waals surface area contributed by atoms with Crippen LogP contribution in [0.2, 0.25) is 0 Å². The summed E-state index contributed by atoms with van der Waals surface area (Å²) in [5.41, 5.74) is 6.66. The van der Waals surface area contributed by atoms with Crippen LogP contribution >= 0.6 is 0 Å². The summed E-state index contributed by atoms with van der Waals surface area (Å²) in [6.45, 7) is 16.8. The molecule has 3 aliphatic rings. The summed E-state index contributed by atoms with van der Waals surface area (Å²) in [6, 6.07) is 27.2. The number of aromatic nitrogens is 1. The Bertz CT molecular complexity index is 1560. The van der Waals surface area contributed by atoms with Crippen LogP contribution in [-0.2, 0) is 10.8 Å². The van der Waals surface area contributed by atoms with Crippen LogP contribution in [0.15, 0.2) is 85.1 Å². The largest absolute Gasteiger partial charge is 0.457 e. The van der Waals surface area contributed by atoms with Crippen LogP contribution in [0.25, 0.3) is 0 Å². The Labute approximate surface area is 232 Å². The van der Waals surface area contributed by atoms with Crippen molar-refractivity contribution in [3.8, 4) is 23.1 Å². The lowest BCUT2D eigenvalue weighted by molar-refractivity contribution is 0.157. The van der Waals surface area contributed by atoms with Gasteiger partial charge < -0.3 is 14.0 Å². The monoisotopic (exact) mass is 520 g/mol. The van der Waals surface area contributed by atoms with Gasteiger partial charge in [-0.3, -0.25) is 4.48 Å². The minimum absolute atomic E-state index is 0.0257. The molecule has 0 N–H and O–H groups in total. The molecule has 1 aromatic heterocycles. The summed E-state index contributed by atoms with van der Waals surface area (Å²) in [5.74, 6) is 2.80. The molecule has 7 rings (SSSR count). The molecule has 3 aromatic carbocycles. The van der Waals surface area contributed by atoms with E-state index in [1.807, 2.05) is 42.5 Å². The molecule has 1 fully saturated rings. The van der Waals surface area contributed by atoms with E-state index >= 15 is 0 Å². The van der Waals surface area contributed by atoms with Gasteiger partial charge in [0.2, 0.25) is 5.88 Å². The van der Waals surface area contributed by atoms with Crippen molar-refractivity contribution in [1.29, 1.82) is 0 Å². The van der Waals surface area contributed by atoms with Crippen LogP contribution in [0.5, 0.6) is 23.1 Å². The summed E-state index contributed by atoms with van der Waals surface area (Å²) in [6.07, 6.45) is 1.80. The van der Waals surface area contributed by atoms with E-state index in [0.717, 1.165) is 27.1 Å². The van der Waals surface area contributed by atoms with Crippen molar-refractivity contribution in [2.45, 2.75) is 52.4 Å². The third kappa shape index (κ3) is 4.50. The fourth-order valence-electron chi connectivity index (χ4n) is 5.76. The Hall–Kier alpha value is -3.67. The normalized spacial score (nSPS) is 21.7. The van der Waals surface area contributed by atoms with E-state index < -0.39 is 0 Å². The minimum Gasteiger partial charge on any atom is -0.457 e. The van der Waals surface area contributed by atoms with E-state index in [1.165, 1.54) is 28.2 Å². The smallest absolute Gasteiger partial charge is 0.219 e. The number of rotatable bonds is 5. The highest BCUT2D eigenvalue weighted by molar-refractivity contribution is 5.84. The first-order chi connectivity index (χ1) is 18.4. The highest BCUT2D eigenvalue weighted by atomic mass is 16.5. The predicted molar refractivity (Wildman–Crippen MR) is 159 cm³/mol. The summed E-state index contributed by atoms with van der Waals surface area (Å²) < 4.78 is 14.0. The van der Waals surface area contributed by atoms with Crippen LogP contribution < -0.4 is 18.4 Å². The molecule has 0 aliphatic carbocycles. The average molecular weight is 521 g/mol. The third-order valence-corrected chi connectivity index (χ3v) is 7.93. The second-order valence-electron chi connectivity index (χ2n) is 13.2. The molecular weight excluding hydrogens is 482 g/mol. The number of ether oxygens (including phenoxy) is 2. The van der Waals surface area contributed by atoms with Gasteiger partial charge >= 0.3 is 0 Å². The van der Waals surface area contributed by atoms with Crippen LogP contribution in [-0.4, -0.2) is 18.7 Å². The van der Waals surface area contributed by atoms with Gasteiger partial charge in [-0.15, -0.1) is 0 Å². The van der Waals surface area contributed by atoms with Gasteiger partial charge in [0.15, 0.2) is 18.0 Å². The lowest BCUT2D eigenvalue weighted by Crippen LogP contribution is -2.68. The maximum absolute atomic E-state index is 6.34. The molecule has 0 saturated carbocycles. The van der Waals surface area contributed by atoms with Gasteiger partial charge in [0, 0.05) is 36.5 Å². The first kappa shape index (κ1) is 25.6. The van der Waals surface area contributed by atoms with Gasteiger partial charge in [0.25, 0.3) is 0 Å². The van der Waals surface area contributed by atoms with Gasteiger partial charge in [-0.25, -0.2) is 4.98 Å². The van der Waals surface area contributed by atoms with Gasteiger partial charge in [0.1, 0.15) is 22.9 Å². The molecule has 1 saturated heterocycles. The van der Waals surface area contributed by atoms with Crippen LogP contribution in [0, 0.1) is 6.67 Å². The molecule has 0 amide bonds. The molecule has 3 aliphatic heterocycles. The molecule has 200 valence electrons. The van der Waals surface area contributed by atoms with Gasteiger partial charge in [-0.2, -0.15) is 0 Å². The lowest BCUT2D eigenvalue weighted by Gasteiger charge is -2.54. The first-order valence-corrected chi connectivity index (χ1v) is 13.6. The van der Waals surface area contributed by atoms with Crippen LogP contribution in [0.1, 0.15) is 52.7 Å². The zero-order chi connectivity index (χ0) is 27.6. The molecule has 39 heavy (non-hydrogen) atoms. The molecule has 2 bridgehead atoms. The maximum Gasteiger partial charge on any atom is 0.219 e. The Kier molecular flexibility index (Phi) is 5.69. The number of quaternary nitrogens is 2.